The van der Waals surface area contributed by atoms with Crippen LogP contribution in [0.1, 0.15) is 44.6 Å². The highest BCUT2D eigenvalue weighted by Crippen LogP contribution is 2.30. The van der Waals surface area contributed by atoms with Crippen molar-refractivity contribution >= 4 is 50.9 Å². The van der Waals surface area contributed by atoms with E-state index in [9.17, 15) is 9.59 Å². The monoisotopic (exact) mass is 530 g/mol. The van der Waals surface area contributed by atoms with Gasteiger partial charge < -0.3 is 9.47 Å². The molecule has 0 aliphatic heterocycles. The third kappa shape index (κ3) is 8.59. The summed E-state index contributed by atoms with van der Waals surface area (Å²) in [6.45, 7) is 4.35. The van der Waals surface area contributed by atoms with Crippen molar-refractivity contribution in [3.63, 3.8) is 0 Å². The number of hydrogen-bond acceptors (Lipinski definition) is 4. The molecule has 9 heteroatoms. The maximum atomic E-state index is 11.9. The molecule has 0 aliphatic carbocycles. The van der Waals surface area contributed by atoms with Crippen LogP contribution in [0.4, 0.5) is 0 Å². The maximum Gasteiger partial charge on any atom is 0.276 e. The van der Waals surface area contributed by atoms with Gasteiger partial charge in [0, 0.05) is 11.4 Å². The number of ether oxygens (including phenoxy) is 2. The number of benzene rings is 2. The Kier molecular flexibility index (Phi) is 10.4. The van der Waals surface area contributed by atoms with Gasteiger partial charge in [-0.1, -0.05) is 43.1 Å². The molecule has 168 valence electrons. The van der Waals surface area contributed by atoms with Crippen molar-refractivity contribution in [3.8, 4) is 11.5 Å². The fourth-order valence-corrected chi connectivity index (χ4v) is 3.54. The number of halogens is 3. The quantitative estimate of drug-likeness (QED) is 0.306. The van der Waals surface area contributed by atoms with Gasteiger partial charge in [0.15, 0.2) is 6.61 Å². The predicted molar refractivity (Wildman–Crippen MR) is 126 cm³/mol. The Morgan fingerprint density at radius 2 is 1.74 bits per heavy atom. The minimum Gasteiger partial charge on any atom is -0.492 e. The minimum absolute atomic E-state index is 0.176. The number of carbonyl (C=O) groups excluding carboxylic acids is 2. The zero-order valence-electron chi connectivity index (χ0n) is 17.3. The second-order valence-corrected chi connectivity index (χ2v) is 8.61. The predicted octanol–water partition coefficient (Wildman–Crippen LogP) is 5.65. The standard InChI is InChI=1S/C22H25BrCl2N2O4/c1-3-14(2)15-6-8-19(17(23)11-15)31-13-22(29)27-26-21(28)5-4-10-30-20-9-7-16(24)12-18(20)25/h6-9,11-12,14H,3-5,10,13H2,1-2H3,(H,26,28)(H,27,29). The summed E-state index contributed by atoms with van der Waals surface area (Å²) in [4.78, 5) is 23.8. The average molecular weight is 532 g/mol. The van der Waals surface area contributed by atoms with Crippen molar-refractivity contribution in [2.45, 2.75) is 39.0 Å². The molecule has 0 saturated carbocycles. The van der Waals surface area contributed by atoms with E-state index in [-0.39, 0.29) is 18.9 Å². The number of rotatable bonds is 10. The summed E-state index contributed by atoms with van der Waals surface area (Å²) in [6.07, 6.45) is 1.66. The largest absolute Gasteiger partial charge is 0.492 e. The van der Waals surface area contributed by atoms with E-state index in [1.54, 1.807) is 18.2 Å². The molecule has 2 amide bonds. The van der Waals surface area contributed by atoms with Crippen LogP contribution in [0.2, 0.25) is 10.0 Å². The first-order valence-electron chi connectivity index (χ1n) is 9.88. The van der Waals surface area contributed by atoms with Crippen LogP contribution < -0.4 is 20.3 Å². The average Bonchev–Trinajstić information content (AvgIpc) is 2.75. The lowest BCUT2D eigenvalue weighted by molar-refractivity contribution is -0.130. The summed E-state index contributed by atoms with van der Waals surface area (Å²) in [6, 6.07) is 10.7. The molecule has 0 aliphatic rings. The molecule has 0 radical (unpaired) electrons. The van der Waals surface area contributed by atoms with Crippen LogP contribution in [0.3, 0.4) is 0 Å². The molecule has 0 aromatic heterocycles. The zero-order valence-corrected chi connectivity index (χ0v) is 20.4. The number of hydrogen-bond donors (Lipinski definition) is 2. The first-order chi connectivity index (χ1) is 14.8. The van der Waals surface area contributed by atoms with E-state index in [4.69, 9.17) is 32.7 Å². The smallest absolute Gasteiger partial charge is 0.276 e. The molecule has 0 fully saturated rings. The minimum atomic E-state index is -0.463. The first kappa shape index (κ1) is 25.3. The molecule has 0 bridgehead atoms. The summed E-state index contributed by atoms with van der Waals surface area (Å²) < 4.78 is 11.8. The van der Waals surface area contributed by atoms with Crippen molar-refractivity contribution < 1.29 is 19.1 Å². The molecule has 0 spiro atoms. The Balaban J connectivity index is 1.65. The Labute approximate surface area is 200 Å². The van der Waals surface area contributed by atoms with E-state index in [0.717, 1.165) is 10.9 Å². The van der Waals surface area contributed by atoms with Crippen LogP contribution in [-0.2, 0) is 9.59 Å². The molecule has 0 saturated heterocycles. The highest BCUT2D eigenvalue weighted by Gasteiger charge is 2.10. The van der Waals surface area contributed by atoms with E-state index in [1.807, 2.05) is 18.2 Å². The van der Waals surface area contributed by atoms with E-state index < -0.39 is 5.91 Å². The first-order valence-corrected chi connectivity index (χ1v) is 11.4. The molecule has 2 rings (SSSR count). The highest BCUT2D eigenvalue weighted by atomic mass is 79.9. The van der Waals surface area contributed by atoms with Crippen LogP contribution in [0, 0.1) is 0 Å². The Morgan fingerprint density at radius 3 is 2.42 bits per heavy atom. The zero-order chi connectivity index (χ0) is 22.8. The fraction of sp³-hybridized carbons (Fsp3) is 0.364. The van der Waals surface area contributed by atoms with Gasteiger partial charge in [-0.25, -0.2) is 0 Å². The molecule has 2 aromatic carbocycles. The van der Waals surface area contributed by atoms with Crippen molar-refractivity contribution in [2.75, 3.05) is 13.2 Å². The van der Waals surface area contributed by atoms with Gasteiger partial charge in [-0.05, 0) is 70.6 Å². The molecule has 1 unspecified atom stereocenters. The number of amides is 2. The van der Waals surface area contributed by atoms with Gasteiger partial charge in [0.05, 0.1) is 16.1 Å². The molecule has 31 heavy (non-hydrogen) atoms. The molecule has 1 atom stereocenters. The third-order valence-corrected chi connectivity index (χ3v) is 5.69. The SMILES string of the molecule is CCC(C)c1ccc(OCC(=O)NNC(=O)CCCOc2ccc(Cl)cc2Cl)c(Br)c1. The molecule has 0 heterocycles. The fourth-order valence-electron chi connectivity index (χ4n) is 2.56. The van der Waals surface area contributed by atoms with Gasteiger partial charge in [0.2, 0.25) is 5.91 Å². The van der Waals surface area contributed by atoms with Crippen LogP contribution in [0.5, 0.6) is 11.5 Å². The van der Waals surface area contributed by atoms with Crippen LogP contribution >= 0.6 is 39.1 Å². The summed E-state index contributed by atoms with van der Waals surface area (Å²) in [7, 11) is 0. The molecule has 2 aromatic rings. The molecular formula is C22H25BrCl2N2O4. The third-order valence-electron chi connectivity index (χ3n) is 4.54. The molecular weight excluding hydrogens is 507 g/mol. The Hall–Kier alpha value is -1.96. The van der Waals surface area contributed by atoms with Gasteiger partial charge in [0.1, 0.15) is 11.5 Å². The molecule has 2 N–H and O–H groups in total. The van der Waals surface area contributed by atoms with Crippen LogP contribution in [0.25, 0.3) is 0 Å². The lowest BCUT2D eigenvalue weighted by atomic mass is 9.99. The van der Waals surface area contributed by atoms with Gasteiger partial charge in [-0.3, -0.25) is 20.4 Å². The van der Waals surface area contributed by atoms with E-state index in [1.165, 1.54) is 5.56 Å². The van der Waals surface area contributed by atoms with E-state index in [0.29, 0.717) is 40.5 Å². The van der Waals surface area contributed by atoms with Gasteiger partial charge in [0.25, 0.3) is 5.91 Å². The van der Waals surface area contributed by atoms with Crippen molar-refractivity contribution in [1.82, 2.24) is 10.9 Å². The highest BCUT2D eigenvalue weighted by molar-refractivity contribution is 9.10. The van der Waals surface area contributed by atoms with Gasteiger partial charge in [-0.2, -0.15) is 0 Å². The summed E-state index contributed by atoms with van der Waals surface area (Å²) in [5, 5.41) is 0.928. The lowest BCUT2D eigenvalue weighted by Gasteiger charge is -2.13. The summed E-state index contributed by atoms with van der Waals surface area (Å²) >= 11 is 15.3. The van der Waals surface area contributed by atoms with Crippen LogP contribution in [-0.4, -0.2) is 25.0 Å². The number of nitrogens with one attached hydrogen (secondary N) is 2. The van der Waals surface area contributed by atoms with Crippen molar-refractivity contribution in [2.24, 2.45) is 0 Å². The number of hydrazine groups is 1. The summed E-state index contributed by atoms with van der Waals surface area (Å²) in [5.74, 6) is 0.706. The van der Waals surface area contributed by atoms with Gasteiger partial charge >= 0.3 is 0 Å². The normalized spacial score (nSPS) is 11.5. The molecule has 6 nitrogen and oxygen atoms in total. The number of carbonyl (C=O) groups is 2. The lowest BCUT2D eigenvalue weighted by Crippen LogP contribution is -2.43. The van der Waals surface area contributed by atoms with Crippen molar-refractivity contribution in [3.05, 3.63) is 56.5 Å². The Bertz CT molecular complexity index is 911. The Morgan fingerprint density at radius 1 is 1.03 bits per heavy atom. The second kappa shape index (κ2) is 12.8. The van der Waals surface area contributed by atoms with E-state index in [2.05, 4.69) is 40.6 Å². The van der Waals surface area contributed by atoms with E-state index >= 15 is 0 Å². The topological polar surface area (TPSA) is 76.7 Å². The van der Waals surface area contributed by atoms with Crippen LogP contribution in [0.15, 0.2) is 40.9 Å². The summed E-state index contributed by atoms with van der Waals surface area (Å²) in [5.41, 5.74) is 5.88. The second-order valence-electron chi connectivity index (χ2n) is 6.91. The maximum absolute atomic E-state index is 11.9. The van der Waals surface area contributed by atoms with Gasteiger partial charge in [-0.15, -0.1) is 0 Å². The van der Waals surface area contributed by atoms with Crippen molar-refractivity contribution in [1.29, 1.82) is 0 Å².